The number of hydrogen-bond acceptors (Lipinski definition) is 7. The van der Waals surface area contributed by atoms with E-state index in [9.17, 15) is 14.4 Å². The number of nitrogens with one attached hydrogen (secondary N) is 1. The van der Waals surface area contributed by atoms with Crippen molar-refractivity contribution in [1.82, 2.24) is 15.2 Å². The minimum Gasteiger partial charge on any atom is -0.422 e. The molecule has 0 fully saturated rings. The lowest BCUT2D eigenvalue weighted by Crippen LogP contribution is -2.24. The van der Waals surface area contributed by atoms with Gasteiger partial charge in [0.1, 0.15) is 11.1 Å². The maximum absolute atomic E-state index is 13.5. The Morgan fingerprint density at radius 3 is 2.34 bits per heavy atom. The molecule has 0 atom stereocenters. The highest BCUT2D eigenvalue weighted by molar-refractivity contribution is 7.11. The zero-order chi connectivity index (χ0) is 26.1. The van der Waals surface area contributed by atoms with Gasteiger partial charge in [0.2, 0.25) is 10.6 Å². The van der Waals surface area contributed by atoms with Crippen molar-refractivity contribution in [3.8, 4) is 5.69 Å². The van der Waals surface area contributed by atoms with Gasteiger partial charge >= 0.3 is 5.63 Å². The monoisotopic (exact) mass is 518 g/mol. The third-order valence-electron chi connectivity index (χ3n) is 5.93. The summed E-state index contributed by atoms with van der Waals surface area (Å²) in [6.07, 6.45) is 0. The van der Waals surface area contributed by atoms with E-state index in [2.05, 4.69) is 15.6 Å². The smallest absolute Gasteiger partial charge is 0.347 e. The molecule has 8 nitrogen and oxygen atoms in total. The molecule has 38 heavy (non-hydrogen) atoms. The predicted molar refractivity (Wildman–Crippen MR) is 144 cm³/mol. The molecular weight excluding hydrogens is 500 g/mol. The Bertz CT molecular complexity index is 1960. The van der Waals surface area contributed by atoms with Crippen molar-refractivity contribution >= 4 is 44.8 Å². The largest absolute Gasteiger partial charge is 0.422 e. The average Bonchev–Trinajstić information content (AvgIpc) is 3.40. The molecule has 0 aliphatic heterocycles. The number of carbonyl (C=O) groups is 2. The van der Waals surface area contributed by atoms with Crippen LogP contribution < -0.4 is 15.9 Å². The summed E-state index contributed by atoms with van der Waals surface area (Å²) in [7, 11) is 0. The van der Waals surface area contributed by atoms with E-state index < -0.39 is 17.3 Å². The topological polar surface area (TPSA) is 107 Å². The third-order valence-corrected chi connectivity index (χ3v) is 6.84. The van der Waals surface area contributed by atoms with Gasteiger partial charge in [0.15, 0.2) is 5.01 Å². The number of aromatic nitrogens is 2. The Hall–Kier alpha value is -5.15. The van der Waals surface area contributed by atoms with Crippen LogP contribution in [0.5, 0.6) is 0 Å². The van der Waals surface area contributed by atoms with Gasteiger partial charge in [0.05, 0.1) is 5.69 Å². The number of ketones is 1. The number of benzene rings is 4. The van der Waals surface area contributed by atoms with Crippen molar-refractivity contribution in [3.63, 3.8) is 0 Å². The Balaban J connectivity index is 1.45. The van der Waals surface area contributed by atoms with Gasteiger partial charge in [-0.1, -0.05) is 78.1 Å². The molecule has 0 spiro atoms. The van der Waals surface area contributed by atoms with Crippen molar-refractivity contribution in [2.45, 2.75) is 0 Å². The molecule has 1 N–H and O–H groups in total. The van der Waals surface area contributed by atoms with E-state index in [0.717, 1.165) is 22.1 Å². The van der Waals surface area contributed by atoms with Gasteiger partial charge in [0.25, 0.3) is 5.91 Å². The van der Waals surface area contributed by atoms with Crippen molar-refractivity contribution in [1.29, 1.82) is 0 Å². The van der Waals surface area contributed by atoms with Gasteiger partial charge in [-0.2, -0.15) is 5.10 Å². The second kappa shape index (κ2) is 9.72. The van der Waals surface area contributed by atoms with Crippen LogP contribution in [0.2, 0.25) is 0 Å². The first-order chi connectivity index (χ1) is 18.6. The Morgan fingerprint density at radius 1 is 0.842 bits per heavy atom. The summed E-state index contributed by atoms with van der Waals surface area (Å²) in [4.78, 5) is 39.2. The van der Waals surface area contributed by atoms with Gasteiger partial charge in [-0.3, -0.25) is 9.59 Å². The molecule has 0 saturated carbocycles. The highest BCUT2D eigenvalue weighted by atomic mass is 32.1. The van der Waals surface area contributed by atoms with Crippen molar-refractivity contribution in [3.05, 3.63) is 134 Å². The van der Waals surface area contributed by atoms with E-state index in [4.69, 9.17) is 4.42 Å². The van der Waals surface area contributed by atoms with E-state index in [-0.39, 0.29) is 15.4 Å². The van der Waals surface area contributed by atoms with Crippen LogP contribution in [0.15, 0.2) is 117 Å². The number of nitrogens with zero attached hydrogens (tertiary/aromatic N) is 3. The lowest BCUT2D eigenvalue weighted by molar-refractivity contribution is 0.0952. The lowest BCUT2D eigenvalue weighted by atomic mass is 10.0. The summed E-state index contributed by atoms with van der Waals surface area (Å²) in [5.74, 6) is -1.01. The minimum atomic E-state index is -0.755. The molecule has 2 aromatic heterocycles. The Kier molecular flexibility index (Phi) is 5.95. The summed E-state index contributed by atoms with van der Waals surface area (Å²) in [5, 5.41) is 11.2. The Labute approximate surface area is 219 Å². The van der Waals surface area contributed by atoms with Crippen LogP contribution in [0.25, 0.3) is 27.4 Å². The summed E-state index contributed by atoms with van der Waals surface area (Å²) in [6, 6.07) is 30.5. The molecule has 0 saturated heterocycles. The van der Waals surface area contributed by atoms with Crippen LogP contribution in [0.3, 0.4) is 0 Å². The molecular formula is C29H18N4O4S. The average molecular weight is 519 g/mol. The standard InChI is InChI=1S/C29H18N4O4S/c34-25(23-17-22-21-14-8-7-9-18(21)15-16-24(22)37-28(23)36)27-32-33(20-12-5-2-6-13-20)29(38-27)31-30-26(35)19-10-3-1-4-11-19/h1-17H,(H,30,35)/b31-29+. The summed E-state index contributed by atoms with van der Waals surface area (Å²) in [6.45, 7) is 0. The first kappa shape index (κ1) is 23.3. The molecule has 0 bridgehead atoms. The Morgan fingerprint density at radius 2 is 1.55 bits per heavy atom. The molecule has 0 aliphatic carbocycles. The fourth-order valence-corrected chi connectivity index (χ4v) is 4.90. The SMILES string of the molecule is O=C(N/N=c1/sc(C(=O)c2cc3c(ccc4ccccc43)oc2=O)nn1-c1ccccc1)c1ccccc1. The van der Waals surface area contributed by atoms with Gasteiger partial charge < -0.3 is 4.42 Å². The highest BCUT2D eigenvalue weighted by Gasteiger charge is 2.22. The normalized spacial score (nSPS) is 11.6. The fourth-order valence-electron chi connectivity index (χ4n) is 4.08. The molecule has 9 heteroatoms. The van der Waals surface area contributed by atoms with E-state index in [1.807, 2.05) is 54.6 Å². The van der Waals surface area contributed by atoms with E-state index in [0.29, 0.717) is 22.2 Å². The van der Waals surface area contributed by atoms with E-state index in [1.54, 1.807) is 48.5 Å². The fraction of sp³-hybridized carbons (Fsp3) is 0. The quantitative estimate of drug-likeness (QED) is 0.155. The maximum Gasteiger partial charge on any atom is 0.347 e. The van der Waals surface area contributed by atoms with Crippen LogP contribution in [0.1, 0.15) is 25.7 Å². The second-order valence-electron chi connectivity index (χ2n) is 8.33. The van der Waals surface area contributed by atoms with Crippen LogP contribution in [-0.2, 0) is 0 Å². The number of para-hydroxylation sites is 1. The number of fused-ring (bicyclic) bond motifs is 3. The molecule has 2 heterocycles. The first-order valence-corrected chi connectivity index (χ1v) is 12.5. The highest BCUT2D eigenvalue weighted by Crippen LogP contribution is 2.25. The maximum atomic E-state index is 13.5. The van der Waals surface area contributed by atoms with Crippen LogP contribution in [0, 0.1) is 0 Å². The molecule has 0 radical (unpaired) electrons. The molecule has 184 valence electrons. The van der Waals surface area contributed by atoms with Gasteiger partial charge in [-0.25, -0.2) is 14.9 Å². The molecule has 4 aromatic carbocycles. The zero-order valence-electron chi connectivity index (χ0n) is 19.7. The van der Waals surface area contributed by atoms with Crippen molar-refractivity contribution in [2.75, 3.05) is 0 Å². The second-order valence-corrected chi connectivity index (χ2v) is 9.29. The third kappa shape index (κ3) is 4.31. The molecule has 1 amide bonds. The summed E-state index contributed by atoms with van der Waals surface area (Å²) >= 11 is 0.953. The number of hydrogen-bond donors (Lipinski definition) is 1. The van der Waals surface area contributed by atoms with Crippen molar-refractivity contribution < 1.29 is 14.0 Å². The van der Waals surface area contributed by atoms with Crippen LogP contribution >= 0.6 is 11.3 Å². The van der Waals surface area contributed by atoms with Crippen LogP contribution in [-0.4, -0.2) is 21.5 Å². The van der Waals surface area contributed by atoms with Gasteiger partial charge in [-0.15, -0.1) is 5.10 Å². The number of carbonyl (C=O) groups excluding carboxylic acids is 2. The van der Waals surface area contributed by atoms with Gasteiger partial charge in [0, 0.05) is 10.9 Å². The number of rotatable bonds is 5. The van der Waals surface area contributed by atoms with E-state index >= 15 is 0 Å². The lowest BCUT2D eigenvalue weighted by Gasteiger charge is -2.04. The predicted octanol–water partition coefficient (Wildman–Crippen LogP) is 4.67. The minimum absolute atomic E-state index is 0.0217. The van der Waals surface area contributed by atoms with Crippen molar-refractivity contribution in [2.24, 2.45) is 5.10 Å². The zero-order valence-corrected chi connectivity index (χ0v) is 20.5. The summed E-state index contributed by atoms with van der Waals surface area (Å²) in [5.41, 5.74) is 3.08. The van der Waals surface area contributed by atoms with Crippen LogP contribution in [0.4, 0.5) is 0 Å². The molecule has 6 rings (SSSR count). The van der Waals surface area contributed by atoms with E-state index in [1.165, 1.54) is 4.68 Å². The molecule has 0 unspecified atom stereocenters. The van der Waals surface area contributed by atoms with Gasteiger partial charge in [-0.05, 0) is 47.2 Å². The summed E-state index contributed by atoms with van der Waals surface area (Å²) < 4.78 is 6.95. The first-order valence-electron chi connectivity index (χ1n) is 11.6. The molecule has 0 aliphatic rings. The molecule has 6 aromatic rings. The number of amides is 1.